The van der Waals surface area contributed by atoms with Crippen molar-refractivity contribution in [3.63, 3.8) is 0 Å². The van der Waals surface area contributed by atoms with Crippen LogP contribution in [0.15, 0.2) is 30.3 Å². The molecule has 0 aliphatic rings. The number of halogens is 2. The molecule has 1 atom stereocenters. The molecule has 2 aromatic rings. The lowest BCUT2D eigenvalue weighted by Crippen LogP contribution is -2.15. The van der Waals surface area contributed by atoms with Gasteiger partial charge in [-0.25, -0.2) is 4.79 Å². The Hall–Kier alpha value is -1.88. The molecule has 0 amide bonds. The summed E-state index contributed by atoms with van der Waals surface area (Å²) in [6.45, 7) is 1.73. The van der Waals surface area contributed by atoms with E-state index in [0.29, 0.717) is 0 Å². The third kappa shape index (κ3) is 2.09. The number of rotatable bonds is 3. The third-order valence-corrected chi connectivity index (χ3v) is 2.96. The highest BCUT2D eigenvalue weighted by molar-refractivity contribution is 6.28. The average Bonchev–Trinajstić information content (AvgIpc) is 2.64. The lowest BCUT2D eigenvalue weighted by atomic mass is 10.1. The van der Waals surface area contributed by atoms with Crippen LogP contribution in [0.25, 0.3) is 0 Å². The highest BCUT2D eigenvalue weighted by Crippen LogP contribution is 2.26. The number of benzene rings is 1. The number of carboxylic acids is 1. The Kier molecular flexibility index (Phi) is 3.34. The molecule has 0 fully saturated rings. The van der Waals surface area contributed by atoms with Crippen LogP contribution in [-0.4, -0.2) is 20.6 Å². The van der Waals surface area contributed by atoms with Gasteiger partial charge in [-0.3, -0.25) is 4.57 Å². The summed E-state index contributed by atoms with van der Waals surface area (Å²) in [6.07, 6.45) is 0. The zero-order valence-electron chi connectivity index (χ0n) is 9.47. The second-order valence-corrected chi connectivity index (χ2v) is 4.12. The molecule has 0 bridgehead atoms. The van der Waals surface area contributed by atoms with E-state index in [4.69, 9.17) is 16.7 Å². The highest BCUT2D eigenvalue weighted by Gasteiger charge is 2.25. The Morgan fingerprint density at radius 2 is 2.06 bits per heavy atom. The maximum atomic E-state index is 13.4. The molecule has 0 radical (unpaired) electrons. The second-order valence-electron chi connectivity index (χ2n) is 3.78. The van der Waals surface area contributed by atoms with E-state index in [-0.39, 0.29) is 5.28 Å². The van der Waals surface area contributed by atoms with Gasteiger partial charge in [-0.1, -0.05) is 30.3 Å². The van der Waals surface area contributed by atoms with Crippen molar-refractivity contribution in [1.82, 2.24) is 9.55 Å². The van der Waals surface area contributed by atoms with Gasteiger partial charge in [0.2, 0.25) is 11.2 Å². The molecule has 4 nitrogen and oxygen atoms in total. The Morgan fingerprint density at radius 3 is 2.61 bits per heavy atom. The summed E-state index contributed by atoms with van der Waals surface area (Å²) >= 11 is 5.79. The molecule has 0 aliphatic heterocycles. The van der Waals surface area contributed by atoms with Crippen LogP contribution in [0, 0.1) is 5.95 Å². The normalized spacial score (nSPS) is 12.4. The van der Waals surface area contributed by atoms with E-state index in [1.165, 1.54) is 0 Å². The summed E-state index contributed by atoms with van der Waals surface area (Å²) < 4.78 is 14.6. The zero-order valence-corrected chi connectivity index (χ0v) is 10.2. The Labute approximate surface area is 108 Å². The predicted molar refractivity (Wildman–Crippen MR) is 64.4 cm³/mol. The zero-order chi connectivity index (χ0) is 13.3. The first-order chi connectivity index (χ1) is 8.52. The number of aromatic carboxylic acids is 1. The smallest absolute Gasteiger partial charge is 0.357 e. The van der Waals surface area contributed by atoms with Gasteiger partial charge in [0.15, 0.2) is 5.69 Å². The molecule has 2 rings (SSSR count). The molecule has 18 heavy (non-hydrogen) atoms. The maximum absolute atomic E-state index is 13.4. The van der Waals surface area contributed by atoms with E-state index >= 15 is 0 Å². The third-order valence-electron chi connectivity index (χ3n) is 2.70. The van der Waals surface area contributed by atoms with Crippen molar-refractivity contribution in [2.24, 2.45) is 0 Å². The van der Waals surface area contributed by atoms with Crippen molar-refractivity contribution in [3.8, 4) is 0 Å². The number of aromatic nitrogens is 2. The van der Waals surface area contributed by atoms with E-state index < -0.39 is 23.7 Å². The number of imidazole rings is 1. The molecule has 6 heteroatoms. The molecule has 0 unspecified atom stereocenters. The van der Waals surface area contributed by atoms with E-state index in [1.54, 1.807) is 6.92 Å². The molecule has 94 valence electrons. The van der Waals surface area contributed by atoms with Gasteiger partial charge in [-0.15, -0.1) is 0 Å². The van der Waals surface area contributed by atoms with Crippen LogP contribution < -0.4 is 0 Å². The van der Waals surface area contributed by atoms with Crippen LogP contribution in [0.2, 0.25) is 5.28 Å². The summed E-state index contributed by atoms with van der Waals surface area (Å²) in [4.78, 5) is 14.4. The Morgan fingerprint density at radius 1 is 1.44 bits per heavy atom. The van der Waals surface area contributed by atoms with Crippen LogP contribution >= 0.6 is 11.6 Å². The van der Waals surface area contributed by atoms with E-state index in [0.717, 1.165) is 10.1 Å². The van der Waals surface area contributed by atoms with Crippen LogP contribution in [-0.2, 0) is 0 Å². The Balaban J connectivity index is 2.55. The molecular weight excluding hydrogens is 259 g/mol. The van der Waals surface area contributed by atoms with Gasteiger partial charge in [-0.05, 0) is 24.1 Å². The second kappa shape index (κ2) is 4.78. The van der Waals surface area contributed by atoms with E-state index in [1.807, 2.05) is 30.3 Å². The summed E-state index contributed by atoms with van der Waals surface area (Å²) in [7, 11) is 0. The van der Waals surface area contributed by atoms with E-state index in [2.05, 4.69) is 4.98 Å². The molecule has 1 aromatic heterocycles. The fourth-order valence-corrected chi connectivity index (χ4v) is 2.11. The summed E-state index contributed by atoms with van der Waals surface area (Å²) in [5, 5.41) is 8.82. The SMILES string of the molecule is C[C@H](c1ccccc1)n1c(Cl)nc(F)c1C(=O)O. The van der Waals surface area contributed by atoms with Gasteiger partial charge < -0.3 is 5.11 Å². The summed E-state index contributed by atoms with van der Waals surface area (Å²) in [5.41, 5.74) is 0.288. The first kappa shape index (κ1) is 12.6. The largest absolute Gasteiger partial charge is 0.476 e. The molecule has 1 aromatic carbocycles. The van der Waals surface area contributed by atoms with Gasteiger partial charge in [0.25, 0.3) is 0 Å². The van der Waals surface area contributed by atoms with Gasteiger partial charge >= 0.3 is 5.97 Å². The van der Waals surface area contributed by atoms with Crippen molar-refractivity contribution >= 4 is 17.6 Å². The van der Waals surface area contributed by atoms with Crippen molar-refractivity contribution in [3.05, 3.63) is 52.8 Å². The van der Waals surface area contributed by atoms with Crippen molar-refractivity contribution in [1.29, 1.82) is 0 Å². The lowest BCUT2D eigenvalue weighted by Gasteiger charge is -2.16. The number of hydrogen-bond donors (Lipinski definition) is 1. The standard InChI is InChI=1S/C12H10ClFN2O2/c1-7(8-5-3-2-4-6-8)16-9(11(17)18)10(14)15-12(16)13/h2-7H,1H3,(H,17,18)/t7-/m1/s1. The highest BCUT2D eigenvalue weighted by atomic mass is 35.5. The minimum atomic E-state index is -1.39. The number of carbonyl (C=O) groups is 1. The monoisotopic (exact) mass is 268 g/mol. The molecule has 0 spiro atoms. The van der Waals surface area contributed by atoms with Gasteiger partial charge in [0, 0.05) is 0 Å². The first-order valence-corrected chi connectivity index (χ1v) is 5.61. The molecule has 0 saturated carbocycles. The predicted octanol–water partition coefficient (Wildman–Crippen LogP) is 2.98. The number of nitrogens with zero attached hydrogens (tertiary/aromatic N) is 2. The molecule has 0 aliphatic carbocycles. The summed E-state index contributed by atoms with van der Waals surface area (Å²) in [5.74, 6) is -2.47. The molecular formula is C12H10ClFN2O2. The fourth-order valence-electron chi connectivity index (χ4n) is 1.80. The van der Waals surface area contributed by atoms with Crippen molar-refractivity contribution in [2.75, 3.05) is 0 Å². The quantitative estimate of drug-likeness (QED) is 0.931. The van der Waals surface area contributed by atoms with Crippen LogP contribution in [0.4, 0.5) is 4.39 Å². The average molecular weight is 269 g/mol. The van der Waals surface area contributed by atoms with Crippen LogP contribution in [0.1, 0.15) is 29.0 Å². The van der Waals surface area contributed by atoms with Gasteiger partial charge in [0.1, 0.15) is 0 Å². The Bertz CT molecular complexity index is 583. The van der Waals surface area contributed by atoms with E-state index in [9.17, 15) is 9.18 Å². The molecule has 0 saturated heterocycles. The van der Waals surface area contributed by atoms with Crippen molar-refractivity contribution < 1.29 is 14.3 Å². The minimum absolute atomic E-state index is 0.179. The topological polar surface area (TPSA) is 55.1 Å². The van der Waals surface area contributed by atoms with Crippen molar-refractivity contribution in [2.45, 2.75) is 13.0 Å². The first-order valence-electron chi connectivity index (χ1n) is 5.24. The minimum Gasteiger partial charge on any atom is -0.476 e. The number of hydrogen-bond acceptors (Lipinski definition) is 2. The number of carboxylic acid groups (broad SMARTS) is 1. The van der Waals surface area contributed by atoms with Gasteiger partial charge in [0.05, 0.1) is 6.04 Å². The molecule has 1 N–H and O–H groups in total. The van der Waals surface area contributed by atoms with Crippen LogP contribution in [0.5, 0.6) is 0 Å². The fraction of sp³-hybridized carbons (Fsp3) is 0.167. The lowest BCUT2D eigenvalue weighted by molar-refractivity contribution is 0.0678. The molecule has 1 heterocycles. The summed E-state index contributed by atoms with van der Waals surface area (Å²) in [6, 6.07) is 8.67. The van der Waals surface area contributed by atoms with Gasteiger partial charge in [-0.2, -0.15) is 9.37 Å². The maximum Gasteiger partial charge on any atom is 0.357 e. The van der Waals surface area contributed by atoms with Crippen LogP contribution in [0.3, 0.4) is 0 Å².